The zero-order valence-electron chi connectivity index (χ0n) is 15.7. The van der Waals surface area contributed by atoms with Crippen LogP contribution in [-0.2, 0) is 11.3 Å². The van der Waals surface area contributed by atoms with Gasteiger partial charge in [-0.15, -0.1) is 0 Å². The number of carbonyl (C=O) groups is 2. The van der Waals surface area contributed by atoms with E-state index in [1.807, 2.05) is 37.3 Å². The summed E-state index contributed by atoms with van der Waals surface area (Å²) in [4.78, 5) is 25.7. The maximum Gasteiger partial charge on any atom is 0.407 e. The number of carbonyl (C=O) groups excluding carboxylic acids is 2. The lowest BCUT2D eigenvalue weighted by atomic mass is 10.1. The van der Waals surface area contributed by atoms with Crippen LogP contribution < -0.4 is 5.32 Å². The van der Waals surface area contributed by atoms with E-state index < -0.39 is 6.09 Å². The first-order valence-corrected chi connectivity index (χ1v) is 8.97. The average molecular weight is 370 g/mol. The van der Waals surface area contributed by atoms with Crippen LogP contribution in [-0.4, -0.2) is 41.6 Å². The third-order valence-corrected chi connectivity index (χ3v) is 4.15. The molecule has 6 heteroatoms. The molecule has 2 N–H and O–H groups in total. The van der Waals surface area contributed by atoms with Crippen molar-refractivity contribution in [2.45, 2.75) is 32.4 Å². The van der Waals surface area contributed by atoms with Crippen molar-refractivity contribution in [3.63, 3.8) is 0 Å². The molecular weight excluding hydrogens is 344 g/mol. The van der Waals surface area contributed by atoms with Crippen molar-refractivity contribution in [3.05, 3.63) is 65.7 Å². The van der Waals surface area contributed by atoms with Crippen molar-refractivity contribution in [2.75, 3.05) is 13.6 Å². The largest absolute Gasteiger partial charge is 0.508 e. The van der Waals surface area contributed by atoms with Gasteiger partial charge in [0.25, 0.3) is 5.91 Å². The molecule has 0 aliphatic heterocycles. The summed E-state index contributed by atoms with van der Waals surface area (Å²) in [5.74, 6) is -0.0742. The zero-order chi connectivity index (χ0) is 19.6. The zero-order valence-corrected chi connectivity index (χ0v) is 15.7. The highest BCUT2D eigenvalue weighted by Crippen LogP contribution is 2.13. The molecule has 0 radical (unpaired) electrons. The van der Waals surface area contributed by atoms with E-state index in [1.165, 1.54) is 12.1 Å². The monoisotopic (exact) mass is 370 g/mol. The van der Waals surface area contributed by atoms with Crippen molar-refractivity contribution in [3.8, 4) is 5.75 Å². The summed E-state index contributed by atoms with van der Waals surface area (Å²) in [6.45, 7) is 2.70. The van der Waals surface area contributed by atoms with Gasteiger partial charge in [-0.2, -0.15) is 0 Å². The lowest BCUT2D eigenvalue weighted by molar-refractivity contribution is 0.0790. The molecule has 144 valence electrons. The SMILES string of the molecule is C[C@H](CCCN(C)C(=O)c1cccc(O)c1)NC(=O)OCc1ccccc1. The number of nitrogens with one attached hydrogen (secondary N) is 1. The predicted molar refractivity (Wildman–Crippen MR) is 104 cm³/mol. The molecule has 0 fully saturated rings. The topological polar surface area (TPSA) is 78.9 Å². The first-order valence-electron chi connectivity index (χ1n) is 8.97. The molecular formula is C21H26N2O4. The molecule has 2 aromatic rings. The number of nitrogens with zero attached hydrogens (tertiary/aromatic N) is 1. The minimum absolute atomic E-state index is 0.0578. The van der Waals surface area contributed by atoms with Crippen LogP contribution in [0.25, 0.3) is 0 Å². The molecule has 0 aliphatic carbocycles. The molecule has 2 aromatic carbocycles. The molecule has 0 aromatic heterocycles. The predicted octanol–water partition coefficient (Wildman–Crippen LogP) is 3.56. The fourth-order valence-corrected chi connectivity index (χ4v) is 2.63. The van der Waals surface area contributed by atoms with E-state index in [9.17, 15) is 14.7 Å². The lowest BCUT2D eigenvalue weighted by Crippen LogP contribution is -2.34. The molecule has 0 heterocycles. The van der Waals surface area contributed by atoms with Crippen LogP contribution in [0.3, 0.4) is 0 Å². The molecule has 27 heavy (non-hydrogen) atoms. The third-order valence-electron chi connectivity index (χ3n) is 4.15. The molecule has 0 saturated carbocycles. The van der Waals surface area contributed by atoms with Gasteiger partial charge >= 0.3 is 6.09 Å². The van der Waals surface area contributed by atoms with E-state index in [4.69, 9.17) is 4.74 Å². The van der Waals surface area contributed by atoms with Crippen LogP contribution in [0.5, 0.6) is 5.75 Å². The summed E-state index contributed by atoms with van der Waals surface area (Å²) < 4.78 is 5.20. The molecule has 0 bridgehead atoms. The van der Waals surface area contributed by atoms with Crippen molar-refractivity contribution < 1.29 is 19.4 Å². The Balaban J connectivity index is 1.66. The van der Waals surface area contributed by atoms with Crippen molar-refractivity contribution in [1.82, 2.24) is 10.2 Å². The van der Waals surface area contributed by atoms with Crippen LogP contribution in [0.2, 0.25) is 0 Å². The number of rotatable bonds is 8. The Labute approximate surface area is 159 Å². The van der Waals surface area contributed by atoms with E-state index >= 15 is 0 Å². The van der Waals surface area contributed by atoms with Gasteiger partial charge < -0.3 is 20.1 Å². The highest BCUT2D eigenvalue weighted by atomic mass is 16.5. The quantitative estimate of drug-likeness (QED) is 0.745. The van der Waals surface area contributed by atoms with Gasteiger partial charge in [-0.1, -0.05) is 36.4 Å². The minimum atomic E-state index is -0.449. The molecule has 2 rings (SSSR count). The standard InChI is InChI=1S/C21H26N2O4/c1-16(22-21(26)27-15-17-9-4-3-5-10-17)8-7-13-23(2)20(25)18-11-6-12-19(24)14-18/h3-6,9-12,14,16,24H,7-8,13,15H2,1-2H3,(H,22,26)/t16-/m1/s1. The number of phenols is 1. The van der Waals surface area contributed by atoms with Crippen LogP contribution in [0.4, 0.5) is 4.79 Å². The maximum absolute atomic E-state index is 12.3. The van der Waals surface area contributed by atoms with Gasteiger partial charge in [-0.25, -0.2) is 4.79 Å². The van der Waals surface area contributed by atoms with Gasteiger partial charge in [-0.3, -0.25) is 4.79 Å². The number of alkyl carbamates (subject to hydrolysis) is 1. The Bertz CT molecular complexity index is 749. The lowest BCUT2D eigenvalue weighted by Gasteiger charge is -2.19. The number of phenolic OH excluding ortho intramolecular Hbond substituents is 1. The number of aromatic hydroxyl groups is 1. The maximum atomic E-state index is 12.3. The van der Waals surface area contributed by atoms with E-state index in [2.05, 4.69) is 5.32 Å². The van der Waals surface area contributed by atoms with E-state index in [1.54, 1.807) is 24.1 Å². The smallest absolute Gasteiger partial charge is 0.407 e. The second kappa shape index (κ2) is 10.2. The Morgan fingerprint density at radius 2 is 1.89 bits per heavy atom. The van der Waals surface area contributed by atoms with Crippen LogP contribution >= 0.6 is 0 Å². The van der Waals surface area contributed by atoms with Gasteiger partial charge in [-0.05, 0) is 43.5 Å². The highest BCUT2D eigenvalue weighted by molar-refractivity contribution is 5.94. The van der Waals surface area contributed by atoms with Gasteiger partial charge in [0, 0.05) is 25.2 Å². The summed E-state index contributed by atoms with van der Waals surface area (Å²) in [6, 6.07) is 15.7. The van der Waals surface area contributed by atoms with Gasteiger partial charge in [0.2, 0.25) is 0 Å². The number of amides is 2. The number of hydrogen-bond acceptors (Lipinski definition) is 4. The fourth-order valence-electron chi connectivity index (χ4n) is 2.63. The Morgan fingerprint density at radius 1 is 1.15 bits per heavy atom. The number of hydrogen-bond donors (Lipinski definition) is 2. The summed E-state index contributed by atoms with van der Waals surface area (Å²) in [5, 5.41) is 12.3. The highest BCUT2D eigenvalue weighted by Gasteiger charge is 2.13. The molecule has 0 aliphatic rings. The van der Waals surface area contributed by atoms with Gasteiger partial charge in [0.1, 0.15) is 12.4 Å². The summed E-state index contributed by atoms with van der Waals surface area (Å²) >= 11 is 0. The van der Waals surface area contributed by atoms with E-state index in [-0.39, 0.29) is 24.3 Å². The Morgan fingerprint density at radius 3 is 2.59 bits per heavy atom. The second-order valence-corrected chi connectivity index (χ2v) is 6.53. The van der Waals surface area contributed by atoms with Crippen molar-refractivity contribution >= 4 is 12.0 Å². The second-order valence-electron chi connectivity index (χ2n) is 6.53. The minimum Gasteiger partial charge on any atom is -0.508 e. The molecule has 1 atom stereocenters. The Kier molecular flexibility index (Phi) is 7.67. The van der Waals surface area contributed by atoms with E-state index in [0.29, 0.717) is 12.1 Å². The molecule has 2 amide bonds. The first-order chi connectivity index (χ1) is 13.0. The van der Waals surface area contributed by atoms with Crippen LogP contribution in [0, 0.1) is 0 Å². The first kappa shape index (κ1) is 20.3. The fraction of sp³-hybridized carbons (Fsp3) is 0.333. The van der Waals surface area contributed by atoms with Crippen molar-refractivity contribution in [1.29, 1.82) is 0 Å². The summed E-state index contributed by atoms with van der Waals surface area (Å²) in [6.07, 6.45) is 1.01. The molecule has 6 nitrogen and oxygen atoms in total. The molecule has 0 unspecified atom stereocenters. The average Bonchev–Trinajstić information content (AvgIpc) is 2.66. The molecule has 0 saturated heterocycles. The summed E-state index contributed by atoms with van der Waals surface area (Å²) in [7, 11) is 1.72. The van der Waals surface area contributed by atoms with Gasteiger partial charge in [0.15, 0.2) is 0 Å². The number of ether oxygens (including phenoxy) is 1. The summed E-state index contributed by atoms with van der Waals surface area (Å²) in [5.41, 5.74) is 1.39. The Hall–Kier alpha value is -3.02. The van der Waals surface area contributed by atoms with Crippen molar-refractivity contribution in [2.24, 2.45) is 0 Å². The van der Waals surface area contributed by atoms with Crippen LogP contribution in [0.1, 0.15) is 35.7 Å². The number of benzene rings is 2. The van der Waals surface area contributed by atoms with Gasteiger partial charge in [0.05, 0.1) is 0 Å². The van der Waals surface area contributed by atoms with E-state index in [0.717, 1.165) is 18.4 Å². The molecule has 0 spiro atoms. The normalized spacial score (nSPS) is 11.5. The van der Waals surface area contributed by atoms with Crippen LogP contribution in [0.15, 0.2) is 54.6 Å². The third kappa shape index (κ3) is 7.01.